The number of nitrogens with one attached hydrogen (secondary N) is 2. The Morgan fingerprint density at radius 3 is 2.19 bits per heavy atom. The van der Waals surface area contributed by atoms with Crippen LogP contribution in [0.15, 0.2) is 66.7 Å². The van der Waals surface area contributed by atoms with Gasteiger partial charge in [0, 0.05) is 22.0 Å². The molecule has 0 aromatic heterocycles. The van der Waals surface area contributed by atoms with Crippen LogP contribution in [0.1, 0.15) is 40.5 Å². The van der Waals surface area contributed by atoms with Crippen LogP contribution in [0.4, 0.5) is 11.4 Å². The van der Waals surface area contributed by atoms with Crippen molar-refractivity contribution in [2.75, 3.05) is 17.2 Å². The van der Waals surface area contributed by atoms with Crippen molar-refractivity contribution in [1.82, 2.24) is 0 Å². The molecule has 0 radical (unpaired) electrons. The smallest absolute Gasteiger partial charge is 0.257 e. The number of benzene rings is 3. The second-order valence-corrected chi connectivity index (χ2v) is 7.68. The van der Waals surface area contributed by atoms with Gasteiger partial charge in [0.05, 0.1) is 17.2 Å². The third kappa shape index (κ3) is 6.48. The lowest BCUT2D eigenvalue weighted by atomic mass is 10.2. The zero-order valence-electron chi connectivity index (χ0n) is 17.0. The SMILES string of the molecule is CCCCOc1ccc(C(=O)Nc2cccc(NC(=O)c3ccc(Cl)cc3Cl)c2)cc1. The molecule has 0 aliphatic rings. The molecule has 7 heteroatoms. The van der Waals surface area contributed by atoms with E-state index in [2.05, 4.69) is 17.6 Å². The highest BCUT2D eigenvalue weighted by atomic mass is 35.5. The monoisotopic (exact) mass is 456 g/mol. The van der Waals surface area contributed by atoms with E-state index in [0.717, 1.165) is 18.6 Å². The molecule has 5 nitrogen and oxygen atoms in total. The number of ether oxygens (including phenoxy) is 1. The first-order valence-corrected chi connectivity index (χ1v) is 10.6. The summed E-state index contributed by atoms with van der Waals surface area (Å²) in [6.07, 6.45) is 2.05. The summed E-state index contributed by atoms with van der Waals surface area (Å²) in [6.45, 7) is 2.76. The molecule has 0 bridgehead atoms. The first-order valence-electron chi connectivity index (χ1n) is 9.87. The van der Waals surface area contributed by atoms with Crippen LogP contribution in [-0.2, 0) is 0 Å². The molecule has 2 amide bonds. The number of hydrogen-bond donors (Lipinski definition) is 2. The van der Waals surface area contributed by atoms with E-state index in [-0.39, 0.29) is 16.8 Å². The van der Waals surface area contributed by atoms with Crippen molar-refractivity contribution in [2.24, 2.45) is 0 Å². The van der Waals surface area contributed by atoms with E-state index in [4.69, 9.17) is 27.9 Å². The maximum atomic E-state index is 12.5. The first kappa shape index (κ1) is 22.7. The molecule has 0 atom stereocenters. The van der Waals surface area contributed by atoms with Gasteiger partial charge in [-0.15, -0.1) is 0 Å². The van der Waals surface area contributed by atoms with Gasteiger partial charge in [0.15, 0.2) is 0 Å². The summed E-state index contributed by atoms with van der Waals surface area (Å²) in [5.41, 5.74) is 1.88. The van der Waals surface area contributed by atoms with Crippen LogP contribution in [0, 0.1) is 0 Å². The van der Waals surface area contributed by atoms with Crippen molar-refractivity contribution in [3.8, 4) is 5.75 Å². The fraction of sp³-hybridized carbons (Fsp3) is 0.167. The Balaban J connectivity index is 1.63. The summed E-state index contributed by atoms with van der Waals surface area (Å²) in [4.78, 5) is 25.0. The molecule has 160 valence electrons. The van der Waals surface area contributed by atoms with E-state index in [1.165, 1.54) is 6.07 Å². The van der Waals surface area contributed by atoms with E-state index in [9.17, 15) is 9.59 Å². The molecule has 0 aliphatic carbocycles. The van der Waals surface area contributed by atoms with Gasteiger partial charge in [-0.1, -0.05) is 42.6 Å². The summed E-state index contributed by atoms with van der Waals surface area (Å²) < 4.78 is 5.61. The van der Waals surface area contributed by atoms with Crippen LogP contribution in [0.3, 0.4) is 0 Å². The average molecular weight is 457 g/mol. The van der Waals surface area contributed by atoms with E-state index in [1.807, 2.05) is 0 Å². The Kier molecular flexibility index (Phi) is 7.93. The van der Waals surface area contributed by atoms with Crippen LogP contribution in [0.5, 0.6) is 5.75 Å². The lowest BCUT2D eigenvalue weighted by molar-refractivity contribution is 0.101. The molecule has 3 aromatic carbocycles. The normalized spacial score (nSPS) is 10.4. The quantitative estimate of drug-likeness (QED) is 0.371. The minimum absolute atomic E-state index is 0.260. The summed E-state index contributed by atoms with van der Waals surface area (Å²) in [6, 6.07) is 18.5. The molecular formula is C24H22Cl2N2O3. The summed E-state index contributed by atoms with van der Waals surface area (Å²) in [7, 11) is 0. The lowest BCUT2D eigenvalue weighted by Gasteiger charge is -2.10. The van der Waals surface area contributed by atoms with Crippen LogP contribution in [-0.4, -0.2) is 18.4 Å². The van der Waals surface area contributed by atoms with Crippen molar-refractivity contribution in [3.05, 3.63) is 87.9 Å². The molecule has 0 fully saturated rings. The molecule has 0 spiro atoms. The summed E-state index contributed by atoms with van der Waals surface area (Å²) >= 11 is 12.0. The largest absolute Gasteiger partial charge is 0.494 e. The second kappa shape index (κ2) is 10.8. The third-order valence-electron chi connectivity index (χ3n) is 4.44. The summed E-state index contributed by atoms with van der Waals surface area (Å²) in [5, 5.41) is 6.31. The van der Waals surface area contributed by atoms with Gasteiger partial charge in [0.1, 0.15) is 5.75 Å². The number of amides is 2. The van der Waals surface area contributed by atoms with Crippen LogP contribution >= 0.6 is 23.2 Å². The highest BCUT2D eigenvalue weighted by Gasteiger charge is 2.12. The molecule has 0 saturated heterocycles. The predicted octanol–water partition coefficient (Wildman–Crippen LogP) is 6.68. The minimum atomic E-state index is -0.371. The van der Waals surface area contributed by atoms with E-state index in [0.29, 0.717) is 34.1 Å². The Labute approximate surface area is 191 Å². The van der Waals surface area contributed by atoms with Gasteiger partial charge >= 0.3 is 0 Å². The van der Waals surface area contributed by atoms with Gasteiger partial charge in [-0.2, -0.15) is 0 Å². The Bertz CT molecular complexity index is 1070. The number of carbonyl (C=O) groups is 2. The molecule has 0 heterocycles. The Morgan fingerprint density at radius 1 is 0.871 bits per heavy atom. The van der Waals surface area contributed by atoms with Crippen molar-refractivity contribution in [1.29, 1.82) is 0 Å². The molecule has 0 aliphatic heterocycles. The highest BCUT2D eigenvalue weighted by molar-refractivity contribution is 6.37. The number of anilines is 2. The number of rotatable bonds is 8. The molecule has 0 saturated carbocycles. The minimum Gasteiger partial charge on any atom is -0.494 e. The number of unbranched alkanes of at least 4 members (excludes halogenated alkanes) is 1. The van der Waals surface area contributed by atoms with Crippen LogP contribution < -0.4 is 15.4 Å². The standard InChI is InChI=1S/C24H22Cl2N2O3/c1-2-3-13-31-20-10-7-16(8-11-20)23(29)27-18-5-4-6-19(15-18)28-24(30)21-12-9-17(25)14-22(21)26/h4-12,14-15H,2-3,13H2,1H3,(H,27,29)(H,28,30). The molecule has 31 heavy (non-hydrogen) atoms. The predicted molar refractivity (Wildman–Crippen MR) is 126 cm³/mol. The lowest BCUT2D eigenvalue weighted by Crippen LogP contribution is -2.14. The molecule has 0 unspecified atom stereocenters. The molecular weight excluding hydrogens is 435 g/mol. The van der Waals surface area contributed by atoms with Gasteiger partial charge in [-0.25, -0.2) is 0 Å². The van der Waals surface area contributed by atoms with Crippen LogP contribution in [0.25, 0.3) is 0 Å². The average Bonchev–Trinajstić information content (AvgIpc) is 2.74. The number of carbonyl (C=O) groups excluding carboxylic acids is 2. The first-order chi connectivity index (χ1) is 15.0. The third-order valence-corrected chi connectivity index (χ3v) is 4.98. The maximum absolute atomic E-state index is 12.5. The van der Waals surface area contributed by atoms with Crippen molar-refractivity contribution >= 4 is 46.4 Å². The van der Waals surface area contributed by atoms with Crippen LogP contribution in [0.2, 0.25) is 10.0 Å². The van der Waals surface area contributed by atoms with Gasteiger partial charge in [0.25, 0.3) is 11.8 Å². The fourth-order valence-corrected chi connectivity index (χ4v) is 3.28. The summed E-state index contributed by atoms with van der Waals surface area (Å²) in [5.74, 6) is 0.101. The second-order valence-electron chi connectivity index (χ2n) is 6.84. The Morgan fingerprint density at radius 2 is 1.55 bits per heavy atom. The molecule has 3 aromatic rings. The number of halogens is 2. The highest BCUT2D eigenvalue weighted by Crippen LogP contribution is 2.23. The van der Waals surface area contributed by atoms with E-state index >= 15 is 0 Å². The van der Waals surface area contributed by atoms with E-state index in [1.54, 1.807) is 60.7 Å². The van der Waals surface area contributed by atoms with Crippen molar-refractivity contribution < 1.29 is 14.3 Å². The van der Waals surface area contributed by atoms with Gasteiger partial charge < -0.3 is 15.4 Å². The van der Waals surface area contributed by atoms with Gasteiger partial charge in [0.2, 0.25) is 0 Å². The number of hydrogen-bond acceptors (Lipinski definition) is 3. The fourth-order valence-electron chi connectivity index (χ4n) is 2.79. The molecule has 3 rings (SSSR count). The van der Waals surface area contributed by atoms with Crippen molar-refractivity contribution in [2.45, 2.75) is 19.8 Å². The zero-order chi connectivity index (χ0) is 22.2. The maximum Gasteiger partial charge on any atom is 0.257 e. The van der Waals surface area contributed by atoms with E-state index < -0.39 is 0 Å². The zero-order valence-corrected chi connectivity index (χ0v) is 18.5. The van der Waals surface area contributed by atoms with Crippen molar-refractivity contribution in [3.63, 3.8) is 0 Å². The molecule has 2 N–H and O–H groups in total. The topological polar surface area (TPSA) is 67.4 Å². The Hall–Kier alpha value is -3.02. The van der Waals surface area contributed by atoms with Gasteiger partial charge in [-0.3, -0.25) is 9.59 Å². The van der Waals surface area contributed by atoms with Gasteiger partial charge in [-0.05, 0) is 67.1 Å².